The van der Waals surface area contributed by atoms with Crippen molar-refractivity contribution in [3.63, 3.8) is 0 Å². The van der Waals surface area contributed by atoms with Crippen LogP contribution in [0, 0.1) is 0 Å². The van der Waals surface area contributed by atoms with Crippen molar-refractivity contribution in [2.45, 2.75) is 18.0 Å². The fourth-order valence-electron chi connectivity index (χ4n) is 4.18. The molecule has 2 N–H and O–H groups in total. The number of rotatable bonds is 17. The molecule has 0 radical (unpaired) electrons. The molecule has 188 valence electrons. The van der Waals surface area contributed by atoms with E-state index in [0.29, 0.717) is 39.6 Å². The molecule has 0 fully saturated rings. The van der Waals surface area contributed by atoms with Crippen LogP contribution in [0.25, 0.3) is 0 Å². The fraction of sp³-hybridized carbons (Fsp3) is 0.379. The van der Waals surface area contributed by atoms with Crippen molar-refractivity contribution in [2.75, 3.05) is 51.6 Å². The highest BCUT2D eigenvalue weighted by atomic mass is 79.9. The molecule has 0 bridgehead atoms. The van der Waals surface area contributed by atoms with Crippen LogP contribution < -0.4 is 5.32 Å². The molecule has 6 heteroatoms. The maximum absolute atomic E-state index is 8.74. The number of ether oxygens (including phenoxy) is 3. The summed E-state index contributed by atoms with van der Waals surface area (Å²) in [6, 6.07) is 31.9. The van der Waals surface area contributed by atoms with Gasteiger partial charge in [0.15, 0.2) is 0 Å². The van der Waals surface area contributed by atoms with E-state index in [-0.39, 0.29) is 12.6 Å². The van der Waals surface area contributed by atoms with Crippen LogP contribution in [0.3, 0.4) is 0 Å². The van der Waals surface area contributed by atoms with Crippen molar-refractivity contribution in [1.29, 1.82) is 0 Å². The zero-order chi connectivity index (χ0) is 24.6. The van der Waals surface area contributed by atoms with Crippen molar-refractivity contribution < 1.29 is 19.3 Å². The van der Waals surface area contributed by atoms with Crippen molar-refractivity contribution >= 4 is 15.9 Å². The predicted molar refractivity (Wildman–Crippen MR) is 144 cm³/mol. The van der Waals surface area contributed by atoms with Crippen LogP contribution in [0.15, 0.2) is 91.0 Å². The molecule has 3 rings (SSSR count). The molecule has 3 aromatic rings. The van der Waals surface area contributed by atoms with Crippen LogP contribution in [0.2, 0.25) is 0 Å². The average molecular weight is 543 g/mol. The topological polar surface area (TPSA) is 60.0 Å². The lowest BCUT2D eigenvalue weighted by atomic mass is 9.76. The highest BCUT2D eigenvalue weighted by molar-refractivity contribution is 9.09. The van der Waals surface area contributed by atoms with Gasteiger partial charge in [0.05, 0.1) is 51.8 Å². The van der Waals surface area contributed by atoms with E-state index in [1.54, 1.807) is 0 Å². The summed E-state index contributed by atoms with van der Waals surface area (Å²) >= 11 is 3.64. The quantitative estimate of drug-likeness (QED) is 0.146. The van der Waals surface area contributed by atoms with Crippen molar-refractivity contribution in [2.24, 2.45) is 0 Å². The van der Waals surface area contributed by atoms with Gasteiger partial charge in [0.25, 0.3) is 0 Å². The lowest BCUT2D eigenvalue weighted by molar-refractivity contribution is 0.00344. The Morgan fingerprint density at radius 1 is 0.657 bits per heavy atom. The third kappa shape index (κ3) is 8.24. The van der Waals surface area contributed by atoms with Gasteiger partial charge < -0.3 is 19.3 Å². The Morgan fingerprint density at radius 3 is 1.51 bits per heavy atom. The lowest BCUT2D eigenvalue weighted by Crippen LogP contribution is -2.51. The van der Waals surface area contributed by atoms with Gasteiger partial charge in [0.2, 0.25) is 0 Å². The number of nitrogens with one attached hydrogen (secondary N) is 1. The molecule has 0 aliphatic rings. The van der Waals surface area contributed by atoms with Crippen LogP contribution in [-0.2, 0) is 19.7 Å². The second kappa shape index (κ2) is 15.8. The molecule has 35 heavy (non-hydrogen) atoms. The van der Waals surface area contributed by atoms with E-state index >= 15 is 0 Å². The van der Waals surface area contributed by atoms with Gasteiger partial charge in [-0.25, -0.2) is 0 Å². The van der Waals surface area contributed by atoms with Gasteiger partial charge in [-0.2, -0.15) is 0 Å². The summed E-state index contributed by atoms with van der Waals surface area (Å²) in [4.78, 5) is 0. The van der Waals surface area contributed by atoms with Gasteiger partial charge in [0, 0.05) is 11.4 Å². The molecule has 0 aliphatic heterocycles. The fourth-order valence-corrected chi connectivity index (χ4v) is 4.73. The molecule has 0 amide bonds. The summed E-state index contributed by atoms with van der Waals surface area (Å²) in [5, 5.41) is 13.6. The van der Waals surface area contributed by atoms with E-state index in [2.05, 4.69) is 112 Å². The molecule has 0 aromatic heterocycles. The standard InChI is InChI=1S/C29H36BrNO4/c30-17-16-28(24-35-23-22-34-21-20-33-19-18-32)31-29(25-10-4-1-5-11-25,26-12-6-2-7-13-26)27-14-8-3-9-15-27/h1-15,28,31-32H,16-24H2. The molecule has 1 unspecified atom stereocenters. The van der Waals surface area contributed by atoms with E-state index in [9.17, 15) is 0 Å². The second-order valence-corrected chi connectivity index (χ2v) is 8.98. The normalized spacial score (nSPS) is 12.5. The monoisotopic (exact) mass is 541 g/mol. The Hall–Kier alpha value is -2.06. The Morgan fingerprint density at radius 2 is 1.09 bits per heavy atom. The summed E-state index contributed by atoms with van der Waals surface area (Å²) in [6.45, 7) is 2.91. The Labute approximate surface area is 217 Å². The first kappa shape index (κ1) is 27.5. The van der Waals surface area contributed by atoms with E-state index in [4.69, 9.17) is 19.3 Å². The number of aliphatic hydroxyl groups excluding tert-OH is 1. The molecule has 0 aliphatic carbocycles. The molecule has 0 spiro atoms. The van der Waals surface area contributed by atoms with Gasteiger partial charge in [-0.15, -0.1) is 0 Å². The van der Waals surface area contributed by atoms with E-state index in [1.165, 1.54) is 16.7 Å². The molecule has 0 saturated heterocycles. The van der Waals surface area contributed by atoms with Crippen LogP contribution in [-0.4, -0.2) is 62.7 Å². The van der Waals surface area contributed by atoms with Gasteiger partial charge in [-0.1, -0.05) is 107 Å². The number of hydrogen-bond donors (Lipinski definition) is 2. The Bertz CT molecular complexity index is 831. The summed E-state index contributed by atoms with van der Waals surface area (Å²) in [7, 11) is 0. The first-order valence-corrected chi connectivity index (χ1v) is 13.3. The third-order valence-corrected chi connectivity index (χ3v) is 6.26. The summed E-state index contributed by atoms with van der Waals surface area (Å²) in [6.07, 6.45) is 0.907. The van der Waals surface area contributed by atoms with E-state index in [1.807, 2.05) is 0 Å². The number of aliphatic hydroxyl groups is 1. The first-order chi connectivity index (χ1) is 17.3. The average Bonchev–Trinajstić information content (AvgIpc) is 2.92. The first-order valence-electron chi connectivity index (χ1n) is 12.2. The predicted octanol–water partition coefficient (Wildman–Crippen LogP) is 4.76. The van der Waals surface area contributed by atoms with Gasteiger partial charge in [0.1, 0.15) is 0 Å². The lowest BCUT2D eigenvalue weighted by Gasteiger charge is -2.40. The summed E-state index contributed by atoms with van der Waals surface area (Å²) < 4.78 is 16.8. The number of halogens is 1. The molecule has 1 atom stereocenters. The van der Waals surface area contributed by atoms with Crippen LogP contribution in [0.1, 0.15) is 23.1 Å². The zero-order valence-electron chi connectivity index (χ0n) is 20.2. The van der Waals surface area contributed by atoms with Crippen molar-refractivity contribution in [1.82, 2.24) is 5.32 Å². The van der Waals surface area contributed by atoms with Crippen LogP contribution >= 0.6 is 15.9 Å². The highest BCUT2D eigenvalue weighted by Gasteiger charge is 2.37. The maximum atomic E-state index is 8.74. The van der Waals surface area contributed by atoms with Gasteiger partial charge in [-0.05, 0) is 23.1 Å². The van der Waals surface area contributed by atoms with Crippen molar-refractivity contribution in [3.05, 3.63) is 108 Å². The molecule has 0 heterocycles. The van der Waals surface area contributed by atoms with Gasteiger partial charge >= 0.3 is 0 Å². The smallest absolute Gasteiger partial charge is 0.0950 e. The SMILES string of the molecule is OCCOCCOCCOCC(CCBr)NC(c1ccccc1)(c1ccccc1)c1ccccc1. The minimum absolute atomic E-state index is 0.0293. The minimum Gasteiger partial charge on any atom is -0.394 e. The van der Waals surface area contributed by atoms with Crippen LogP contribution in [0.4, 0.5) is 0 Å². The Balaban J connectivity index is 1.78. The number of alkyl halides is 1. The third-order valence-electron chi connectivity index (χ3n) is 5.80. The molecular formula is C29H36BrNO4. The van der Waals surface area contributed by atoms with Crippen molar-refractivity contribution in [3.8, 4) is 0 Å². The highest BCUT2D eigenvalue weighted by Crippen LogP contribution is 2.37. The van der Waals surface area contributed by atoms with E-state index in [0.717, 1.165) is 11.8 Å². The van der Waals surface area contributed by atoms with Gasteiger partial charge in [-0.3, -0.25) is 5.32 Å². The largest absolute Gasteiger partial charge is 0.394 e. The number of hydrogen-bond acceptors (Lipinski definition) is 5. The summed E-state index contributed by atoms with van der Waals surface area (Å²) in [5.41, 5.74) is 3.02. The molecular weight excluding hydrogens is 506 g/mol. The second-order valence-electron chi connectivity index (χ2n) is 8.19. The van der Waals surface area contributed by atoms with E-state index < -0.39 is 5.54 Å². The molecule has 0 saturated carbocycles. The van der Waals surface area contributed by atoms with Crippen LogP contribution in [0.5, 0.6) is 0 Å². The summed E-state index contributed by atoms with van der Waals surface area (Å²) in [5.74, 6) is 0. The minimum atomic E-state index is -0.527. The number of benzene rings is 3. The molecule has 3 aromatic carbocycles. The maximum Gasteiger partial charge on any atom is 0.0950 e. The Kier molecular flexibility index (Phi) is 12.5. The molecule has 5 nitrogen and oxygen atoms in total. The zero-order valence-corrected chi connectivity index (χ0v) is 21.7.